The first-order valence-corrected chi connectivity index (χ1v) is 9.88. The molecule has 0 aliphatic carbocycles. The molecule has 0 spiro atoms. The van der Waals surface area contributed by atoms with E-state index in [4.69, 9.17) is 23.9 Å². The first kappa shape index (κ1) is 26.7. The van der Waals surface area contributed by atoms with Gasteiger partial charge in [0, 0.05) is 29.8 Å². The van der Waals surface area contributed by atoms with E-state index in [2.05, 4.69) is 36.6 Å². The Morgan fingerprint density at radius 3 is 2.10 bits per heavy atom. The van der Waals surface area contributed by atoms with Crippen molar-refractivity contribution in [1.29, 1.82) is 0 Å². The van der Waals surface area contributed by atoms with Crippen LogP contribution in [0.5, 0.6) is 23.0 Å². The molecular formula is C23H34IN3O4. The van der Waals surface area contributed by atoms with Gasteiger partial charge in [-0.3, -0.25) is 4.99 Å². The Morgan fingerprint density at radius 1 is 0.935 bits per heavy atom. The van der Waals surface area contributed by atoms with Crippen molar-refractivity contribution < 1.29 is 18.9 Å². The van der Waals surface area contributed by atoms with E-state index in [9.17, 15) is 0 Å². The fourth-order valence-electron chi connectivity index (χ4n) is 3.01. The highest BCUT2D eigenvalue weighted by Gasteiger charge is 2.21. The summed E-state index contributed by atoms with van der Waals surface area (Å²) in [5.41, 5.74) is 1.77. The molecule has 0 aliphatic rings. The van der Waals surface area contributed by atoms with Crippen LogP contribution in [0.3, 0.4) is 0 Å². The standard InChI is InChI=1S/C23H33N3O4.HI/c1-8-24-22(25-15-23(2,3)16-10-9-11-18(12-16)27-4)26-17-13-19(28-5)21(30-7)20(14-17)29-6;/h9-14H,8,15H2,1-7H3,(H2,24,25,26);1H. The van der Waals surface area contributed by atoms with Crippen molar-refractivity contribution in [3.05, 3.63) is 42.0 Å². The number of aliphatic imine (C=N–C) groups is 1. The van der Waals surface area contributed by atoms with Gasteiger partial charge in [0.1, 0.15) is 5.75 Å². The van der Waals surface area contributed by atoms with E-state index in [1.54, 1.807) is 28.4 Å². The predicted octanol–water partition coefficient (Wildman–Crippen LogP) is 4.69. The second-order valence-corrected chi connectivity index (χ2v) is 7.35. The summed E-state index contributed by atoms with van der Waals surface area (Å²) in [6.07, 6.45) is 0. The molecule has 7 nitrogen and oxygen atoms in total. The summed E-state index contributed by atoms with van der Waals surface area (Å²) in [7, 11) is 6.45. The number of halogens is 1. The average Bonchev–Trinajstić information content (AvgIpc) is 2.76. The van der Waals surface area contributed by atoms with Gasteiger partial charge >= 0.3 is 0 Å². The number of anilines is 1. The van der Waals surface area contributed by atoms with Gasteiger partial charge in [0.05, 0.1) is 35.0 Å². The van der Waals surface area contributed by atoms with E-state index in [-0.39, 0.29) is 29.4 Å². The smallest absolute Gasteiger partial charge is 0.203 e. The van der Waals surface area contributed by atoms with Crippen molar-refractivity contribution >= 4 is 35.6 Å². The van der Waals surface area contributed by atoms with Crippen LogP contribution in [-0.2, 0) is 5.41 Å². The maximum atomic E-state index is 5.44. The van der Waals surface area contributed by atoms with Crippen LogP contribution in [0, 0.1) is 0 Å². The minimum Gasteiger partial charge on any atom is -0.497 e. The molecular weight excluding hydrogens is 509 g/mol. The zero-order valence-corrected chi connectivity index (χ0v) is 21.7. The molecule has 2 aromatic rings. The van der Waals surface area contributed by atoms with Crippen LogP contribution < -0.4 is 29.6 Å². The van der Waals surface area contributed by atoms with E-state index in [1.807, 2.05) is 31.2 Å². The van der Waals surface area contributed by atoms with Gasteiger partial charge in [-0.15, -0.1) is 24.0 Å². The van der Waals surface area contributed by atoms with Crippen molar-refractivity contribution in [1.82, 2.24) is 5.32 Å². The van der Waals surface area contributed by atoms with Crippen LogP contribution in [0.25, 0.3) is 0 Å². The van der Waals surface area contributed by atoms with Gasteiger partial charge in [-0.05, 0) is 24.6 Å². The molecule has 0 saturated carbocycles. The molecule has 0 saturated heterocycles. The van der Waals surface area contributed by atoms with Crippen molar-refractivity contribution in [3.8, 4) is 23.0 Å². The SMILES string of the molecule is CCNC(=NCC(C)(C)c1cccc(OC)c1)Nc1cc(OC)c(OC)c(OC)c1.I. The molecule has 2 N–H and O–H groups in total. The molecule has 0 fully saturated rings. The van der Waals surface area contributed by atoms with Gasteiger partial charge in [-0.1, -0.05) is 26.0 Å². The highest BCUT2D eigenvalue weighted by molar-refractivity contribution is 14.0. The first-order chi connectivity index (χ1) is 14.4. The zero-order valence-electron chi connectivity index (χ0n) is 19.4. The van der Waals surface area contributed by atoms with Crippen molar-refractivity contribution in [3.63, 3.8) is 0 Å². The predicted molar refractivity (Wildman–Crippen MR) is 137 cm³/mol. The Hall–Kier alpha value is -2.36. The van der Waals surface area contributed by atoms with Crippen LogP contribution in [0.2, 0.25) is 0 Å². The van der Waals surface area contributed by atoms with Gasteiger partial charge in [0.15, 0.2) is 17.5 Å². The summed E-state index contributed by atoms with van der Waals surface area (Å²) in [6, 6.07) is 11.8. The molecule has 8 heteroatoms. The second-order valence-electron chi connectivity index (χ2n) is 7.35. The number of hydrogen-bond acceptors (Lipinski definition) is 5. The number of hydrogen-bond donors (Lipinski definition) is 2. The first-order valence-electron chi connectivity index (χ1n) is 9.88. The molecule has 0 aromatic heterocycles. The molecule has 2 rings (SSSR count). The van der Waals surface area contributed by atoms with Crippen molar-refractivity contribution in [2.24, 2.45) is 4.99 Å². The molecule has 31 heavy (non-hydrogen) atoms. The molecule has 0 atom stereocenters. The molecule has 0 bridgehead atoms. The summed E-state index contributed by atoms with van der Waals surface area (Å²) in [6.45, 7) is 7.66. The van der Waals surface area contributed by atoms with E-state index in [1.165, 1.54) is 0 Å². The Bertz CT molecular complexity index is 847. The number of guanidine groups is 1. The minimum absolute atomic E-state index is 0. The minimum atomic E-state index is -0.174. The van der Waals surface area contributed by atoms with E-state index in [0.717, 1.165) is 23.5 Å². The van der Waals surface area contributed by atoms with Crippen LogP contribution in [-0.4, -0.2) is 47.5 Å². The molecule has 0 amide bonds. The second kappa shape index (κ2) is 12.5. The summed E-state index contributed by atoms with van der Waals surface area (Å²) in [4.78, 5) is 4.81. The van der Waals surface area contributed by atoms with Crippen LogP contribution in [0.15, 0.2) is 41.4 Å². The topological polar surface area (TPSA) is 73.3 Å². The molecule has 2 aromatic carbocycles. The fraction of sp³-hybridized carbons (Fsp3) is 0.435. The summed E-state index contributed by atoms with van der Waals surface area (Å²) in [5, 5.41) is 6.61. The molecule has 0 radical (unpaired) electrons. The normalized spacial score (nSPS) is 11.3. The largest absolute Gasteiger partial charge is 0.497 e. The third kappa shape index (κ3) is 7.09. The van der Waals surface area contributed by atoms with Crippen molar-refractivity contribution in [2.45, 2.75) is 26.2 Å². The summed E-state index contributed by atoms with van der Waals surface area (Å²) in [5.74, 6) is 3.21. The van der Waals surface area contributed by atoms with Gasteiger partial charge in [-0.25, -0.2) is 0 Å². The molecule has 0 aliphatic heterocycles. The van der Waals surface area contributed by atoms with Gasteiger partial charge in [-0.2, -0.15) is 0 Å². The lowest BCUT2D eigenvalue weighted by Gasteiger charge is -2.24. The monoisotopic (exact) mass is 543 g/mol. The van der Waals surface area contributed by atoms with Gasteiger partial charge < -0.3 is 29.6 Å². The van der Waals surface area contributed by atoms with Crippen LogP contribution in [0.4, 0.5) is 5.69 Å². The average molecular weight is 543 g/mol. The summed E-state index contributed by atoms with van der Waals surface area (Å²) < 4.78 is 21.6. The number of ether oxygens (including phenoxy) is 4. The molecule has 172 valence electrons. The molecule has 0 unspecified atom stereocenters. The van der Waals surface area contributed by atoms with Crippen LogP contribution in [0.1, 0.15) is 26.3 Å². The third-order valence-corrected chi connectivity index (χ3v) is 4.76. The number of nitrogens with zero attached hydrogens (tertiary/aromatic N) is 1. The summed E-state index contributed by atoms with van der Waals surface area (Å²) >= 11 is 0. The van der Waals surface area contributed by atoms with E-state index >= 15 is 0 Å². The van der Waals surface area contributed by atoms with Crippen LogP contribution >= 0.6 is 24.0 Å². The van der Waals surface area contributed by atoms with Gasteiger partial charge in [0.2, 0.25) is 5.75 Å². The number of benzene rings is 2. The Labute approximate surface area is 202 Å². The molecule has 0 heterocycles. The van der Waals surface area contributed by atoms with Crippen molar-refractivity contribution in [2.75, 3.05) is 46.8 Å². The fourth-order valence-corrected chi connectivity index (χ4v) is 3.01. The Kier molecular flexibility index (Phi) is 10.7. The van der Waals surface area contributed by atoms with Gasteiger partial charge in [0.25, 0.3) is 0 Å². The van der Waals surface area contributed by atoms with E-state index in [0.29, 0.717) is 29.8 Å². The lowest BCUT2D eigenvalue weighted by atomic mass is 9.85. The number of rotatable bonds is 9. The maximum absolute atomic E-state index is 5.44. The quantitative estimate of drug-likeness (QED) is 0.272. The number of methoxy groups -OCH3 is 4. The third-order valence-electron chi connectivity index (χ3n) is 4.76. The maximum Gasteiger partial charge on any atom is 0.203 e. The van der Waals surface area contributed by atoms with E-state index < -0.39 is 0 Å². The number of nitrogens with one attached hydrogen (secondary N) is 2. The zero-order chi connectivity index (χ0) is 22.1. The highest BCUT2D eigenvalue weighted by atomic mass is 127. The lowest BCUT2D eigenvalue weighted by Crippen LogP contribution is -2.33. The Balaban J connectivity index is 0.00000480. The highest BCUT2D eigenvalue weighted by Crippen LogP contribution is 2.39. The Morgan fingerprint density at radius 2 is 1.58 bits per heavy atom. The lowest BCUT2D eigenvalue weighted by molar-refractivity contribution is 0.324.